The summed E-state index contributed by atoms with van der Waals surface area (Å²) < 4.78 is 7.17. The molecule has 0 aliphatic heterocycles. The zero-order chi connectivity index (χ0) is 21.5. The van der Waals surface area contributed by atoms with Crippen LogP contribution in [0.4, 0.5) is 5.69 Å². The maximum Gasteiger partial charge on any atom is 0.283 e. The zero-order valence-corrected chi connectivity index (χ0v) is 17.0. The maximum absolute atomic E-state index is 12.0. The normalized spacial score (nSPS) is 11.1. The lowest BCUT2D eigenvalue weighted by molar-refractivity contribution is -0.126. The van der Waals surface area contributed by atoms with Crippen LogP contribution in [0.2, 0.25) is 0 Å². The summed E-state index contributed by atoms with van der Waals surface area (Å²) in [5.41, 5.74) is 1.97. The number of amides is 2. The van der Waals surface area contributed by atoms with Gasteiger partial charge in [0.25, 0.3) is 11.8 Å². The predicted octanol–water partition coefficient (Wildman–Crippen LogP) is 3.87. The average molecular weight is 408 g/mol. The second kappa shape index (κ2) is 9.69. The number of aromatic hydroxyl groups is 1. The molecule has 3 aromatic rings. The molecule has 0 atom stereocenters. The fourth-order valence-electron chi connectivity index (χ4n) is 3.05. The molecular formula is C22H24N4O4. The smallest absolute Gasteiger partial charge is 0.283 e. The molecule has 1 aromatic heterocycles. The Morgan fingerprint density at radius 3 is 2.63 bits per heavy atom. The quantitative estimate of drug-likeness (QED) is 0.552. The van der Waals surface area contributed by atoms with Gasteiger partial charge in [-0.1, -0.05) is 43.3 Å². The standard InChI is InChI=1S/C22H24N4O4/c1-3-12-26-17-10-6-5-9-16(17)21(22(26)29)25-24-19(27)13-23-20(28)14-30-18-11-7-4-8-15(18)2/h4-11,29H,3,12-14H2,1-2H3,(H,23,28). The summed E-state index contributed by atoms with van der Waals surface area (Å²) in [5.74, 6) is -0.502. The predicted molar refractivity (Wildman–Crippen MR) is 113 cm³/mol. The van der Waals surface area contributed by atoms with E-state index in [-0.39, 0.29) is 24.7 Å². The van der Waals surface area contributed by atoms with Crippen LogP contribution < -0.4 is 10.1 Å². The molecule has 0 saturated carbocycles. The molecule has 8 nitrogen and oxygen atoms in total. The van der Waals surface area contributed by atoms with Crippen molar-refractivity contribution in [3.05, 3.63) is 54.1 Å². The molecule has 0 aliphatic rings. The van der Waals surface area contributed by atoms with Crippen LogP contribution >= 0.6 is 0 Å². The molecule has 2 aromatic carbocycles. The fraction of sp³-hybridized carbons (Fsp3) is 0.273. The summed E-state index contributed by atoms with van der Waals surface area (Å²) >= 11 is 0. The molecule has 0 unspecified atom stereocenters. The molecule has 0 fully saturated rings. The Kier molecular flexibility index (Phi) is 6.79. The fourth-order valence-corrected chi connectivity index (χ4v) is 3.05. The first-order valence-electron chi connectivity index (χ1n) is 9.71. The molecule has 2 N–H and O–H groups in total. The number of fused-ring (bicyclic) bond motifs is 1. The van der Waals surface area contributed by atoms with Gasteiger partial charge in [0.15, 0.2) is 12.3 Å². The largest absolute Gasteiger partial charge is 0.493 e. The molecule has 1 heterocycles. The average Bonchev–Trinajstić information content (AvgIpc) is 3.01. The van der Waals surface area contributed by atoms with Crippen LogP contribution in [0.3, 0.4) is 0 Å². The third-order valence-electron chi connectivity index (χ3n) is 4.52. The van der Waals surface area contributed by atoms with Gasteiger partial charge in [-0.3, -0.25) is 9.59 Å². The lowest BCUT2D eigenvalue weighted by Crippen LogP contribution is -2.32. The summed E-state index contributed by atoms with van der Waals surface area (Å²) in [6, 6.07) is 14.7. The van der Waals surface area contributed by atoms with Gasteiger partial charge < -0.3 is 19.7 Å². The van der Waals surface area contributed by atoms with Gasteiger partial charge in [0, 0.05) is 11.9 Å². The van der Waals surface area contributed by atoms with Gasteiger partial charge in [0.1, 0.15) is 12.3 Å². The number of ether oxygens (including phenoxy) is 1. The van der Waals surface area contributed by atoms with Crippen LogP contribution in [-0.4, -0.2) is 34.6 Å². The minimum absolute atomic E-state index is 0.0368. The highest BCUT2D eigenvalue weighted by Crippen LogP contribution is 2.38. The number of para-hydroxylation sites is 2. The monoisotopic (exact) mass is 408 g/mol. The number of azo groups is 1. The third kappa shape index (κ3) is 4.83. The molecule has 8 heteroatoms. The minimum Gasteiger partial charge on any atom is -0.493 e. The summed E-state index contributed by atoms with van der Waals surface area (Å²) in [4.78, 5) is 23.9. The van der Waals surface area contributed by atoms with Gasteiger partial charge >= 0.3 is 0 Å². The number of benzene rings is 2. The summed E-state index contributed by atoms with van der Waals surface area (Å²) in [6.07, 6.45) is 0.832. The van der Waals surface area contributed by atoms with E-state index in [2.05, 4.69) is 15.5 Å². The van der Waals surface area contributed by atoms with Crippen LogP contribution in [0.15, 0.2) is 58.8 Å². The Hall–Kier alpha value is -3.68. The van der Waals surface area contributed by atoms with Crippen molar-refractivity contribution in [2.45, 2.75) is 26.8 Å². The first kappa shape index (κ1) is 21.0. The highest BCUT2D eigenvalue weighted by molar-refractivity contribution is 5.95. The topological polar surface area (TPSA) is 105 Å². The van der Waals surface area contributed by atoms with Gasteiger partial charge in [-0.15, -0.1) is 10.2 Å². The van der Waals surface area contributed by atoms with Crippen LogP contribution in [0.5, 0.6) is 11.6 Å². The Labute approximate surface area is 174 Å². The van der Waals surface area contributed by atoms with Crippen molar-refractivity contribution in [3.8, 4) is 11.6 Å². The highest BCUT2D eigenvalue weighted by atomic mass is 16.5. The van der Waals surface area contributed by atoms with Crippen molar-refractivity contribution in [3.63, 3.8) is 0 Å². The van der Waals surface area contributed by atoms with E-state index in [0.717, 1.165) is 17.5 Å². The Bertz CT molecular complexity index is 1090. The summed E-state index contributed by atoms with van der Waals surface area (Å²) in [7, 11) is 0. The SMILES string of the molecule is CCCn1c(O)c(N=NC(=O)CNC(=O)COc2ccccc2C)c2ccccc21. The van der Waals surface area contributed by atoms with Crippen molar-refractivity contribution in [1.82, 2.24) is 9.88 Å². The van der Waals surface area contributed by atoms with E-state index in [0.29, 0.717) is 17.7 Å². The molecular weight excluding hydrogens is 384 g/mol. The van der Waals surface area contributed by atoms with Gasteiger partial charge in [-0.25, -0.2) is 0 Å². The Morgan fingerprint density at radius 1 is 1.13 bits per heavy atom. The molecule has 0 saturated heterocycles. The number of hydrogen-bond donors (Lipinski definition) is 2. The second-order valence-electron chi connectivity index (χ2n) is 6.77. The lowest BCUT2D eigenvalue weighted by atomic mass is 10.2. The van der Waals surface area contributed by atoms with Gasteiger partial charge in [-0.2, -0.15) is 0 Å². The van der Waals surface area contributed by atoms with Crippen molar-refractivity contribution < 1.29 is 19.4 Å². The van der Waals surface area contributed by atoms with E-state index >= 15 is 0 Å². The molecule has 156 valence electrons. The van der Waals surface area contributed by atoms with Crippen LogP contribution in [0.25, 0.3) is 10.9 Å². The lowest BCUT2D eigenvalue weighted by Gasteiger charge is -2.08. The van der Waals surface area contributed by atoms with E-state index in [1.165, 1.54) is 0 Å². The zero-order valence-electron chi connectivity index (χ0n) is 17.0. The minimum atomic E-state index is -0.633. The van der Waals surface area contributed by atoms with Crippen LogP contribution in [0, 0.1) is 6.92 Å². The molecule has 2 amide bonds. The molecule has 30 heavy (non-hydrogen) atoms. The number of hydrogen-bond acceptors (Lipinski definition) is 5. The molecule has 3 rings (SSSR count). The Balaban J connectivity index is 1.59. The van der Waals surface area contributed by atoms with Crippen LogP contribution in [0.1, 0.15) is 18.9 Å². The van der Waals surface area contributed by atoms with E-state index < -0.39 is 11.8 Å². The van der Waals surface area contributed by atoms with Gasteiger partial charge in [0.2, 0.25) is 5.88 Å². The first-order chi connectivity index (χ1) is 14.5. The van der Waals surface area contributed by atoms with E-state index in [1.807, 2.05) is 56.3 Å². The number of carbonyl (C=O) groups is 2. The summed E-state index contributed by atoms with van der Waals surface area (Å²) in [6.45, 7) is 3.98. The summed E-state index contributed by atoms with van der Waals surface area (Å²) in [5, 5.41) is 21.2. The molecule has 0 radical (unpaired) electrons. The number of aromatic nitrogens is 1. The number of nitrogens with one attached hydrogen (secondary N) is 1. The van der Waals surface area contributed by atoms with Crippen molar-refractivity contribution >= 4 is 28.4 Å². The number of aryl methyl sites for hydroxylation is 2. The Morgan fingerprint density at radius 2 is 1.87 bits per heavy atom. The van der Waals surface area contributed by atoms with E-state index in [1.54, 1.807) is 10.6 Å². The number of rotatable bonds is 8. The van der Waals surface area contributed by atoms with Crippen molar-refractivity contribution in [2.75, 3.05) is 13.2 Å². The third-order valence-corrected chi connectivity index (χ3v) is 4.52. The van der Waals surface area contributed by atoms with Crippen LogP contribution in [-0.2, 0) is 16.1 Å². The molecule has 0 aliphatic carbocycles. The van der Waals surface area contributed by atoms with Gasteiger partial charge in [0.05, 0.1) is 5.52 Å². The van der Waals surface area contributed by atoms with E-state index in [4.69, 9.17) is 4.74 Å². The van der Waals surface area contributed by atoms with Crippen molar-refractivity contribution in [1.29, 1.82) is 0 Å². The first-order valence-corrected chi connectivity index (χ1v) is 9.71. The number of nitrogens with zero attached hydrogens (tertiary/aromatic N) is 3. The van der Waals surface area contributed by atoms with Gasteiger partial charge in [-0.05, 0) is 31.0 Å². The van der Waals surface area contributed by atoms with Crippen molar-refractivity contribution in [2.24, 2.45) is 10.2 Å². The highest BCUT2D eigenvalue weighted by Gasteiger charge is 2.16. The molecule has 0 spiro atoms. The maximum atomic E-state index is 12.0. The second-order valence-corrected chi connectivity index (χ2v) is 6.77. The molecule has 0 bridgehead atoms. The number of carbonyl (C=O) groups excluding carboxylic acids is 2. The van der Waals surface area contributed by atoms with E-state index in [9.17, 15) is 14.7 Å².